The van der Waals surface area contributed by atoms with Crippen molar-refractivity contribution in [2.45, 2.75) is 45.1 Å². The van der Waals surface area contributed by atoms with Crippen LogP contribution in [0.4, 0.5) is 5.13 Å². The van der Waals surface area contributed by atoms with E-state index in [1.165, 1.54) is 38.4 Å². The van der Waals surface area contributed by atoms with Crippen LogP contribution in [0, 0.1) is 5.92 Å². The van der Waals surface area contributed by atoms with Crippen molar-refractivity contribution in [3.63, 3.8) is 0 Å². The maximum Gasteiger partial charge on any atom is 0.221 e. The first-order valence-corrected chi connectivity index (χ1v) is 11.2. The predicted octanol–water partition coefficient (Wildman–Crippen LogP) is 5.45. The van der Waals surface area contributed by atoms with Gasteiger partial charge in [0.15, 0.2) is 5.13 Å². The van der Waals surface area contributed by atoms with Crippen molar-refractivity contribution in [1.29, 1.82) is 0 Å². The van der Waals surface area contributed by atoms with Crippen molar-refractivity contribution in [2.24, 2.45) is 5.92 Å². The van der Waals surface area contributed by atoms with Gasteiger partial charge in [-0.1, -0.05) is 30.6 Å². The number of anilines is 1. The first kappa shape index (κ1) is 19.0. The highest BCUT2D eigenvalue weighted by Gasteiger charge is 2.20. The molecule has 7 nitrogen and oxygen atoms in total. The molecule has 1 atom stereocenters. The highest BCUT2D eigenvalue weighted by molar-refractivity contribution is 7.22. The van der Waals surface area contributed by atoms with Crippen LogP contribution >= 0.6 is 11.3 Å². The van der Waals surface area contributed by atoms with Crippen molar-refractivity contribution in [3.8, 4) is 17.3 Å². The maximum atomic E-state index is 6.00. The fourth-order valence-corrected chi connectivity index (χ4v) is 5.03. The largest absolute Gasteiger partial charge is 0.439 e. The number of rotatable bonds is 6. The Balaban J connectivity index is 1.31. The molecule has 0 bridgehead atoms. The minimum atomic E-state index is 0.449. The Hall–Kier alpha value is -3.00. The van der Waals surface area contributed by atoms with Crippen molar-refractivity contribution in [2.75, 3.05) is 5.32 Å². The van der Waals surface area contributed by atoms with E-state index >= 15 is 0 Å². The normalized spacial score (nSPS) is 15.9. The van der Waals surface area contributed by atoms with Gasteiger partial charge in [0.05, 0.1) is 15.9 Å². The van der Waals surface area contributed by atoms with Gasteiger partial charge in [-0.2, -0.15) is 5.10 Å². The van der Waals surface area contributed by atoms with Gasteiger partial charge in [-0.25, -0.2) is 19.6 Å². The fourth-order valence-electron chi connectivity index (χ4n) is 4.04. The number of hydrogen-bond acceptors (Lipinski definition) is 7. The Morgan fingerprint density at radius 1 is 1.17 bits per heavy atom. The first-order valence-electron chi connectivity index (χ1n) is 10.4. The van der Waals surface area contributed by atoms with E-state index in [0.717, 1.165) is 32.7 Å². The summed E-state index contributed by atoms with van der Waals surface area (Å²) in [7, 11) is 0. The lowest BCUT2D eigenvalue weighted by molar-refractivity contribution is 0.328. The van der Waals surface area contributed by atoms with E-state index in [1.54, 1.807) is 28.5 Å². The number of nitrogens with zero attached hydrogens (tertiary/aromatic N) is 5. The highest BCUT2D eigenvalue weighted by Crippen LogP contribution is 2.33. The third-order valence-corrected chi connectivity index (χ3v) is 6.64. The Labute approximate surface area is 179 Å². The van der Waals surface area contributed by atoms with Crippen LogP contribution in [0.3, 0.4) is 0 Å². The molecule has 154 valence electrons. The van der Waals surface area contributed by atoms with Gasteiger partial charge in [0.2, 0.25) is 5.88 Å². The smallest absolute Gasteiger partial charge is 0.221 e. The molecule has 1 fully saturated rings. The van der Waals surface area contributed by atoms with Crippen LogP contribution in [0.5, 0.6) is 11.6 Å². The molecule has 0 saturated heterocycles. The third kappa shape index (κ3) is 4.14. The molecule has 1 saturated carbocycles. The highest BCUT2D eigenvalue weighted by atomic mass is 32.1. The second-order valence-electron chi connectivity index (χ2n) is 7.77. The van der Waals surface area contributed by atoms with E-state index in [-0.39, 0.29) is 0 Å². The summed E-state index contributed by atoms with van der Waals surface area (Å²) in [6.07, 6.45) is 11.6. The van der Waals surface area contributed by atoms with Gasteiger partial charge in [0, 0.05) is 24.4 Å². The van der Waals surface area contributed by atoms with E-state index in [2.05, 4.69) is 27.3 Å². The lowest BCUT2D eigenvalue weighted by atomic mass is 9.85. The molecule has 1 aliphatic rings. The molecule has 1 aromatic carbocycles. The van der Waals surface area contributed by atoms with Crippen LogP contribution in [-0.4, -0.2) is 30.8 Å². The quantitative estimate of drug-likeness (QED) is 0.447. The molecule has 3 aromatic heterocycles. The molecule has 0 spiro atoms. The number of fused-ring (bicyclic) bond motifs is 1. The van der Waals surface area contributed by atoms with Crippen LogP contribution in [0.2, 0.25) is 0 Å². The molecule has 1 N–H and O–H groups in total. The summed E-state index contributed by atoms with van der Waals surface area (Å²) >= 11 is 1.67. The summed E-state index contributed by atoms with van der Waals surface area (Å²) in [4.78, 5) is 13.1. The number of aromatic nitrogens is 5. The number of thiazole rings is 1. The number of nitrogens with one attached hydrogen (secondary N) is 1. The molecule has 5 rings (SSSR count). The van der Waals surface area contributed by atoms with E-state index in [1.807, 2.05) is 30.3 Å². The molecule has 4 aromatic rings. The van der Waals surface area contributed by atoms with Crippen LogP contribution in [0.15, 0.2) is 49.2 Å². The number of benzene rings is 1. The summed E-state index contributed by atoms with van der Waals surface area (Å²) in [5, 5.41) is 8.75. The third-order valence-electron chi connectivity index (χ3n) is 5.69. The summed E-state index contributed by atoms with van der Waals surface area (Å²) in [6.45, 7) is 2.28. The molecule has 0 amide bonds. The Bertz CT molecular complexity index is 1120. The number of pyridine rings is 1. The van der Waals surface area contributed by atoms with Gasteiger partial charge in [-0.3, -0.25) is 0 Å². The Kier molecular flexibility index (Phi) is 5.31. The Morgan fingerprint density at radius 3 is 2.90 bits per heavy atom. The first-order chi connectivity index (χ1) is 14.7. The zero-order valence-electron chi connectivity index (χ0n) is 16.9. The predicted molar refractivity (Wildman–Crippen MR) is 119 cm³/mol. The van der Waals surface area contributed by atoms with E-state index in [0.29, 0.717) is 11.9 Å². The number of hydrogen-bond donors (Lipinski definition) is 1. The standard InChI is InChI=1S/C22H24N6OS/c1-15(16-5-3-2-4-6-16)26-22-27-19-8-7-18(12-20(19)30-22)29-21-11-17(9-10-24-21)28-14-23-13-25-28/h7-16H,2-6H2,1H3,(H,26,27)/t15-/m0/s1. The van der Waals surface area contributed by atoms with Crippen LogP contribution in [-0.2, 0) is 0 Å². The van der Waals surface area contributed by atoms with Gasteiger partial charge in [0.1, 0.15) is 18.4 Å². The molecule has 8 heteroatoms. The van der Waals surface area contributed by atoms with Crippen molar-refractivity contribution in [3.05, 3.63) is 49.2 Å². The monoisotopic (exact) mass is 420 g/mol. The van der Waals surface area contributed by atoms with Crippen LogP contribution in [0.1, 0.15) is 39.0 Å². The zero-order chi connectivity index (χ0) is 20.3. The molecule has 0 radical (unpaired) electrons. The van der Waals surface area contributed by atoms with Crippen LogP contribution < -0.4 is 10.1 Å². The molecule has 3 heterocycles. The molecule has 1 aliphatic carbocycles. The minimum Gasteiger partial charge on any atom is -0.439 e. The Morgan fingerprint density at radius 2 is 2.07 bits per heavy atom. The zero-order valence-corrected chi connectivity index (χ0v) is 17.7. The van der Waals surface area contributed by atoms with Crippen molar-refractivity contribution >= 4 is 26.7 Å². The summed E-state index contributed by atoms with van der Waals surface area (Å²) in [5.41, 5.74) is 1.83. The fraction of sp³-hybridized carbons (Fsp3) is 0.364. The van der Waals surface area contributed by atoms with Gasteiger partial charge in [-0.15, -0.1) is 0 Å². The summed E-state index contributed by atoms with van der Waals surface area (Å²) in [6, 6.07) is 10.1. The van der Waals surface area contributed by atoms with E-state index in [9.17, 15) is 0 Å². The van der Waals surface area contributed by atoms with E-state index < -0.39 is 0 Å². The molecular weight excluding hydrogens is 396 g/mol. The second kappa shape index (κ2) is 8.39. The number of ether oxygens (including phenoxy) is 1. The van der Waals surface area contributed by atoms with Crippen molar-refractivity contribution < 1.29 is 4.74 Å². The van der Waals surface area contributed by atoms with Gasteiger partial charge >= 0.3 is 0 Å². The molecule has 30 heavy (non-hydrogen) atoms. The molecular formula is C22H24N6OS. The lowest BCUT2D eigenvalue weighted by Crippen LogP contribution is -2.27. The molecule has 0 aliphatic heterocycles. The summed E-state index contributed by atoms with van der Waals surface area (Å²) in [5.74, 6) is 1.99. The minimum absolute atomic E-state index is 0.449. The van der Waals surface area contributed by atoms with Gasteiger partial charge < -0.3 is 10.1 Å². The second-order valence-corrected chi connectivity index (χ2v) is 8.80. The van der Waals surface area contributed by atoms with Crippen molar-refractivity contribution in [1.82, 2.24) is 24.7 Å². The SMILES string of the molecule is C[C@H](Nc1nc2ccc(Oc3cc(-n4cncn4)ccn3)cc2s1)C1CCCCC1. The summed E-state index contributed by atoms with van der Waals surface area (Å²) < 4.78 is 8.77. The van der Waals surface area contributed by atoms with E-state index in [4.69, 9.17) is 9.72 Å². The maximum absolute atomic E-state index is 6.00. The van der Waals surface area contributed by atoms with Crippen LogP contribution in [0.25, 0.3) is 15.9 Å². The van der Waals surface area contributed by atoms with Gasteiger partial charge in [-0.05, 0) is 43.9 Å². The lowest BCUT2D eigenvalue weighted by Gasteiger charge is -2.28. The van der Waals surface area contributed by atoms with Gasteiger partial charge in [0.25, 0.3) is 0 Å². The average molecular weight is 421 g/mol. The average Bonchev–Trinajstić information content (AvgIpc) is 3.44. The molecule has 0 unspecified atom stereocenters. The topological polar surface area (TPSA) is 77.8 Å².